The van der Waals surface area contributed by atoms with Crippen LogP contribution in [0.1, 0.15) is 46.5 Å². The van der Waals surface area contributed by atoms with Crippen molar-refractivity contribution < 1.29 is 4.74 Å². The number of nitrogens with one attached hydrogen (secondary N) is 1. The van der Waals surface area contributed by atoms with Crippen molar-refractivity contribution in [1.29, 1.82) is 0 Å². The Labute approximate surface area is 116 Å². The first-order chi connectivity index (χ1) is 8.67. The van der Waals surface area contributed by atoms with Crippen molar-refractivity contribution in [3.63, 3.8) is 0 Å². The quantitative estimate of drug-likeness (QED) is 0.662. The van der Waals surface area contributed by atoms with Gasteiger partial charge in [0.1, 0.15) is 5.75 Å². The predicted octanol–water partition coefficient (Wildman–Crippen LogP) is 5.12. The molecule has 102 valence electrons. The lowest BCUT2D eigenvalue weighted by molar-refractivity contribution is 0.341. The van der Waals surface area contributed by atoms with Crippen LogP contribution in [0.3, 0.4) is 0 Å². The molecule has 0 fully saturated rings. The first kappa shape index (κ1) is 15.2. The molecule has 0 aliphatic carbocycles. The highest BCUT2D eigenvalue weighted by atomic mass is 35.5. The molecule has 1 rings (SSSR count). The predicted molar refractivity (Wildman–Crippen MR) is 79.8 cm³/mol. The Morgan fingerprint density at radius 1 is 1.28 bits per heavy atom. The van der Waals surface area contributed by atoms with E-state index < -0.39 is 0 Å². The largest absolute Gasteiger partial charge is 0.492 e. The highest BCUT2D eigenvalue weighted by molar-refractivity contribution is 6.30. The Morgan fingerprint density at radius 3 is 2.72 bits per heavy atom. The van der Waals surface area contributed by atoms with Gasteiger partial charge >= 0.3 is 0 Å². The van der Waals surface area contributed by atoms with Crippen molar-refractivity contribution in [3.05, 3.63) is 23.2 Å². The number of halogens is 1. The molecule has 1 unspecified atom stereocenters. The van der Waals surface area contributed by atoms with Crippen LogP contribution in [-0.4, -0.2) is 12.6 Å². The number of hydrogen-bond donors (Lipinski definition) is 1. The van der Waals surface area contributed by atoms with E-state index in [-0.39, 0.29) is 0 Å². The molecule has 0 aliphatic heterocycles. The van der Waals surface area contributed by atoms with E-state index in [9.17, 15) is 0 Å². The van der Waals surface area contributed by atoms with Gasteiger partial charge < -0.3 is 10.1 Å². The van der Waals surface area contributed by atoms with Crippen LogP contribution in [0.25, 0.3) is 0 Å². The SMILES string of the molecule is CCCCCC(C)Nc1cc(Cl)ccc1OCC. The van der Waals surface area contributed by atoms with E-state index in [2.05, 4.69) is 19.2 Å². The van der Waals surface area contributed by atoms with E-state index in [1.54, 1.807) is 0 Å². The van der Waals surface area contributed by atoms with Crippen molar-refractivity contribution in [2.45, 2.75) is 52.5 Å². The fraction of sp³-hybridized carbons (Fsp3) is 0.600. The summed E-state index contributed by atoms with van der Waals surface area (Å²) in [6.07, 6.45) is 4.98. The third-order valence-electron chi connectivity index (χ3n) is 2.88. The third-order valence-corrected chi connectivity index (χ3v) is 3.12. The maximum atomic E-state index is 6.03. The van der Waals surface area contributed by atoms with Gasteiger partial charge in [0.2, 0.25) is 0 Å². The first-order valence-electron chi connectivity index (χ1n) is 6.86. The maximum absolute atomic E-state index is 6.03. The molecule has 0 saturated heterocycles. The second-order valence-corrected chi connectivity index (χ2v) is 5.05. The lowest BCUT2D eigenvalue weighted by Crippen LogP contribution is -2.15. The zero-order valence-corrected chi connectivity index (χ0v) is 12.4. The van der Waals surface area contributed by atoms with Gasteiger partial charge in [0.05, 0.1) is 12.3 Å². The Morgan fingerprint density at radius 2 is 2.06 bits per heavy atom. The van der Waals surface area contributed by atoms with Crippen LogP contribution >= 0.6 is 11.6 Å². The monoisotopic (exact) mass is 269 g/mol. The van der Waals surface area contributed by atoms with Crippen molar-refractivity contribution in [1.82, 2.24) is 0 Å². The highest BCUT2D eigenvalue weighted by Gasteiger charge is 2.08. The second-order valence-electron chi connectivity index (χ2n) is 4.61. The van der Waals surface area contributed by atoms with Gasteiger partial charge in [-0.05, 0) is 38.5 Å². The number of benzene rings is 1. The summed E-state index contributed by atoms with van der Waals surface area (Å²) >= 11 is 6.03. The van der Waals surface area contributed by atoms with E-state index in [4.69, 9.17) is 16.3 Å². The van der Waals surface area contributed by atoms with E-state index in [1.165, 1.54) is 25.7 Å². The number of hydrogen-bond acceptors (Lipinski definition) is 2. The number of ether oxygens (including phenoxy) is 1. The van der Waals surface area contributed by atoms with Gasteiger partial charge in [0.15, 0.2) is 0 Å². The Bertz CT molecular complexity index is 354. The minimum absolute atomic E-state index is 0.439. The summed E-state index contributed by atoms with van der Waals surface area (Å²) in [6.45, 7) is 7.08. The summed E-state index contributed by atoms with van der Waals surface area (Å²) in [5.41, 5.74) is 0.994. The normalized spacial score (nSPS) is 12.2. The average molecular weight is 270 g/mol. The minimum Gasteiger partial charge on any atom is -0.492 e. The molecule has 1 aromatic rings. The summed E-state index contributed by atoms with van der Waals surface area (Å²) in [5.74, 6) is 0.879. The molecular weight excluding hydrogens is 246 g/mol. The van der Waals surface area contributed by atoms with E-state index in [0.29, 0.717) is 12.6 Å². The first-order valence-corrected chi connectivity index (χ1v) is 7.24. The average Bonchev–Trinajstić information content (AvgIpc) is 2.33. The van der Waals surface area contributed by atoms with Gasteiger partial charge in [0, 0.05) is 11.1 Å². The van der Waals surface area contributed by atoms with Crippen molar-refractivity contribution in [2.24, 2.45) is 0 Å². The molecule has 1 aromatic carbocycles. The van der Waals surface area contributed by atoms with Crippen molar-refractivity contribution >= 4 is 17.3 Å². The zero-order chi connectivity index (χ0) is 13.4. The van der Waals surface area contributed by atoms with Gasteiger partial charge in [-0.1, -0.05) is 37.8 Å². The molecule has 0 radical (unpaired) electrons. The molecule has 0 spiro atoms. The molecule has 0 aliphatic rings. The fourth-order valence-electron chi connectivity index (χ4n) is 1.93. The molecule has 1 N–H and O–H groups in total. The minimum atomic E-state index is 0.439. The number of unbranched alkanes of at least 4 members (excludes halogenated alkanes) is 2. The van der Waals surface area contributed by atoms with Crippen LogP contribution in [0.15, 0.2) is 18.2 Å². The lowest BCUT2D eigenvalue weighted by Gasteiger charge is -2.18. The van der Waals surface area contributed by atoms with Crippen LogP contribution in [0.5, 0.6) is 5.75 Å². The van der Waals surface area contributed by atoms with E-state index in [0.717, 1.165) is 16.5 Å². The van der Waals surface area contributed by atoms with Crippen LogP contribution < -0.4 is 10.1 Å². The van der Waals surface area contributed by atoms with Gasteiger partial charge in [-0.2, -0.15) is 0 Å². The van der Waals surface area contributed by atoms with Gasteiger partial charge in [0.25, 0.3) is 0 Å². The van der Waals surface area contributed by atoms with Crippen molar-refractivity contribution in [3.8, 4) is 5.75 Å². The molecule has 18 heavy (non-hydrogen) atoms. The number of rotatable bonds is 8. The molecule has 0 saturated carbocycles. The fourth-order valence-corrected chi connectivity index (χ4v) is 2.11. The van der Waals surface area contributed by atoms with Crippen molar-refractivity contribution in [2.75, 3.05) is 11.9 Å². The Balaban J connectivity index is 2.60. The second kappa shape index (κ2) is 8.25. The summed E-state index contributed by atoms with van der Waals surface area (Å²) in [7, 11) is 0. The van der Waals surface area contributed by atoms with Gasteiger partial charge in [-0.3, -0.25) is 0 Å². The van der Waals surface area contributed by atoms with Crippen LogP contribution in [0.2, 0.25) is 5.02 Å². The molecular formula is C15H24ClNO. The molecule has 1 atom stereocenters. The molecule has 0 heterocycles. The number of anilines is 1. The van der Waals surface area contributed by atoms with E-state index >= 15 is 0 Å². The summed E-state index contributed by atoms with van der Waals surface area (Å²) < 4.78 is 5.60. The third kappa shape index (κ3) is 5.18. The summed E-state index contributed by atoms with van der Waals surface area (Å²) in [4.78, 5) is 0. The van der Waals surface area contributed by atoms with Crippen LogP contribution in [-0.2, 0) is 0 Å². The summed E-state index contributed by atoms with van der Waals surface area (Å²) in [6, 6.07) is 6.16. The van der Waals surface area contributed by atoms with Gasteiger partial charge in [-0.25, -0.2) is 0 Å². The Kier molecular flexibility index (Phi) is 6.96. The molecule has 3 heteroatoms. The highest BCUT2D eigenvalue weighted by Crippen LogP contribution is 2.29. The maximum Gasteiger partial charge on any atom is 0.142 e. The lowest BCUT2D eigenvalue weighted by atomic mass is 10.1. The van der Waals surface area contributed by atoms with Crippen LogP contribution in [0.4, 0.5) is 5.69 Å². The van der Waals surface area contributed by atoms with Crippen LogP contribution in [0, 0.1) is 0 Å². The standard InChI is InChI=1S/C15H24ClNO/c1-4-6-7-8-12(3)17-14-11-13(16)9-10-15(14)18-5-2/h9-12,17H,4-8H2,1-3H3. The summed E-state index contributed by atoms with van der Waals surface area (Å²) in [5, 5.41) is 4.22. The molecule has 0 bridgehead atoms. The zero-order valence-electron chi connectivity index (χ0n) is 11.6. The van der Waals surface area contributed by atoms with Gasteiger partial charge in [-0.15, -0.1) is 0 Å². The topological polar surface area (TPSA) is 21.3 Å². The molecule has 0 amide bonds. The van der Waals surface area contributed by atoms with E-state index in [1.807, 2.05) is 25.1 Å². The smallest absolute Gasteiger partial charge is 0.142 e. The Hall–Kier alpha value is -0.890. The molecule has 0 aromatic heterocycles. The molecule has 2 nitrogen and oxygen atoms in total.